The van der Waals surface area contributed by atoms with Crippen molar-refractivity contribution in [1.82, 2.24) is 0 Å². The molecule has 58 heavy (non-hydrogen) atoms. The maximum absolute atomic E-state index is 13.6. The Morgan fingerprint density at radius 2 is 1.33 bits per heavy atom. The number of carbonyl (C=O) groups excluding carboxylic acids is 2. The third kappa shape index (κ3) is 10.7. The van der Waals surface area contributed by atoms with Crippen LogP contribution in [-0.2, 0) is 53.9 Å². The number of hydrogen-bond acceptors (Lipinski definition) is 20. The van der Waals surface area contributed by atoms with Crippen molar-refractivity contribution in [3.05, 3.63) is 53.6 Å². The van der Waals surface area contributed by atoms with E-state index in [0.717, 1.165) is 13.0 Å². The Kier molecular flexibility index (Phi) is 15.3. The summed E-state index contributed by atoms with van der Waals surface area (Å²) >= 11 is 0. The van der Waals surface area contributed by atoms with Gasteiger partial charge >= 0.3 is 11.9 Å². The zero-order valence-electron chi connectivity index (χ0n) is 31.9. The molecule has 20 heteroatoms. The highest BCUT2D eigenvalue weighted by Crippen LogP contribution is 2.35. The lowest BCUT2D eigenvalue weighted by Crippen LogP contribution is -2.66. The number of hydrogen-bond donors (Lipinski definition) is 9. The molecular formula is C38H50O20. The van der Waals surface area contributed by atoms with E-state index in [9.17, 15) is 55.5 Å². The van der Waals surface area contributed by atoms with Crippen LogP contribution in [-0.4, -0.2) is 170 Å². The van der Waals surface area contributed by atoms with E-state index in [-0.39, 0.29) is 36.0 Å². The van der Waals surface area contributed by atoms with E-state index < -0.39 is 111 Å². The zero-order chi connectivity index (χ0) is 42.4. The van der Waals surface area contributed by atoms with Gasteiger partial charge in [-0.3, -0.25) is 4.79 Å². The SMILES string of the molecule is COc1cc(C=CC(=O)O[C@H]2[C@H](O[C@@H]3O[C@@H](C)[C@H](O)[C@@H](O)[C@H]3O)[C@@H](OC(C)=O)[C@H](OCCc3ccc(O)c(O)c3)O[C@@H]2CO[C@@H]2O[C@@H](C)[C@H](O)[C@@H](O)[C@H]2O)ccc1O. The molecule has 0 bridgehead atoms. The molecule has 3 fully saturated rings. The van der Waals surface area contributed by atoms with Crippen molar-refractivity contribution in [3.8, 4) is 23.0 Å². The number of benzene rings is 2. The molecule has 3 aliphatic rings. The van der Waals surface area contributed by atoms with Gasteiger partial charge in [-0.15, -0.1) is 0 Å². The van der Waals surface area contributed by atoms with Gasteiger partial charge in [0.2, 0.25) is 0 Å². The van der Waals surface area contributed by atoms with Gasteiger partial charge in [0, 0.05) is 13.0 Å². The molecule has 0 radical (unpaired) electrons. The Labute approximate surface area is 332 Å². The first-order valence-electron chi connectivity index (χ1n) is 18.4. The highest BCUT2D eigenvalue weighted by molar-refractivity contribution is 5.87. The molecule has 0 unspecified atom stereocenters. The Balaban J connectivity index is 1.50. The number of phenolic OH excluding ortho intramolecular Hbond substituents is 3. The molecule has 2 aromatic rings. The number of ether oxygens (including phenoxy) is 9. The van der Waals surface area contributed by atoms with Crippen LogP contribution in [0.4, 0.5) is 0 Å². The fraction of sp³-hybridized carbons (Fsp3) is 0.579. The maximum Gasteiger partial charge on any atom is 0.331 e. The van der Waals surface area contributed by atoms with Gasteiger partial charge in [0.1, 0.15) is 48.8 Å². The predicted octanol–water partition coefficient (Wildman–Crippen LogP) is -1.29. The van der Waals surface area contributed by atoms with Gasteiger partial charge in [0.15, 0.2) is 54.1 Å². The summed E-state index contributed by atoms with van der Waals surface area (Å²) in [5, 5.41) is 92.9. The van der Waals surface area contributed by atoms with Crippen molar-refractivity contribution in [2.24, 2.45) is 0 Å². The minimum Gasteiger partial charge on any atom is -0.504 e. The van der Waals surface area contributed by atoms with Crippen LogP contribution in [0.2, 0.25) is 0 Å². The summed E-state index contributed by atoms with van der Waals surface area (Å²) in [6.45, 7) is 3.11. The lowest BCUT2D eigenvalue weighted by atomic mass is 9.96. The summed E-state index contributed by atoms with van der Waals surface area (Å²) in [5.74, 6) is -2.67. The van der Waals surface area contributed by atoms with Gasteiger partial charge in [-0.25, -0.2) is 4.79 Å². The number of carbonyl (C=O) groups is 2. The molecule has 0 aromatic heterocycles. The van der Waals surface area contributed by atoms with Crippen molar-refractivity contribution in [3.63, 3.8) is 0 Å². The third-order valence-corrected chi connectivity index (χ3v) is 9.81. The van der Waals surface area contributed by atoms with Gasteiger partial charge in [-0.05, 0) is 61.7 Å². The van der Waals surface area contributed by atoms with Crippen LogP contribution in [0, 0.1) is 0 Å². The number of aromatic hydroxyl groups is 3. The molecule has 9 N–H and O–H groups in total. The number of aliphatic hydroxyl groups is 6. The van der Waals surface area contributed by atoms with Gasteiger partial charge in [0.05, 0.1) is 32.5 Å². The molecule has 3 heterocycles. The quantitative estimate of drug-likeness (QED) is 0.0608. The first-order valence-corrected chi connectivity index (χ1v) is 18.4. The fourth-order valence-corrected chi connectivity index (χ4v) is 6.54. The molecule has 20 nitrogen and oxygen atoms in total. The molecule has 2 aromatic carbocycles. The lowest BCUT2D eigenvalue weighted by Gasteiger charge is -2.48. The molecule has 0 amide bonds. The molecule has 3 aliphatic heterocycles. The summed E-state index contributed by atoms with van der Waals surface area (Å²) in [5.41, 5.74) is 0.928. The highest BCUT2D eigenvalue weighted by Gasteiger charge is 2.55. The largest absolute Gasteiger partial charge is 0.504 e. The van der Waals surface area contributed by atoms with Gasteiger partial charge in [-0.1, -0.05) is 12.1 Å². The van der Waals surface area contributed by atoms with Crippen LogP contribution >= 0.6 is 0 Å². The third-order valence-electron chi connectivity index (χ3n) is 9.81. The van der Waals surface area contributed by atoms with Gasteiger partial charge < -0.3 is 88.6 Å². The number of rotatable bonds is 14. The Bertz CT molecular complexity index is 1720. The van der Waals surface area contributed by atoms with Gasteiger partial charge in [0.25, 0.3) is 0 Å². The van der Waals surface area contributed by atoms with E-state index in [2.05, 4.69) is 0 Å². The van der Waals surface area contributed by atoms with E-state index in [1.807, 2.05) is 0 Å². The van der Waals surface area contributed by atoms with Crippen LogP contribution in [0.5, 0.6) is 23.0 Å². The monoisotopic (exact) mass is 826 g/mol. The molecule has 5 rings (SSSR count). The van der Waals surface area contributed by atoms with Crippen molar-refractivity contribution in [2.75, 3.05) is 20.3 Å². The Hall–Kier alpha value is -4.16. The van der Waals surface area contributed by atoms with Crippen LogP contribution in [0.3, 0.4) is 0 Å². The van der Waals surface area contributed by atoms with E-state index in [0.29, 0.717) is 11.1 Å². The molecular weight excluding hydrogens is 776 g/mol. The van der Waals surface area contributed by atoms with E-state index >= 15 is 0 Å². The van der Waals surface area contributed by atoms with Crippen molar-refractivity contribution in [2.45, 2.75) is 119 Å². The second-order valence-corrected chi connectivity index (χ2v) is 14.0. The minimum atomic E-state index is -1.89. The lowest BCUT2D eigenvalue weighted by molar-refractivity contribution is -0.364. The van der Waals surface area contributed by atoms with Gasteiger partial charge in [-0.2, -0.15) is 0 Å². The summed E-state index contributed by atoms with van der Waals surface area (Å²) in [7, 11) is 1.34. The second kappa shape index (κ2) is 19.7. The molecule has 0 saturated carbocycles. The number of phenols is 3. The molecule has 322 valence electrons. The highest BCUT2D eigenvalue weighted by atomic mass is 16.8. The number of methoxy groups -OCH3 is 1. The van der Waals surface area contributed by atoms with Crippen LogP contribution in [0.1, 0.15) is 31.9 Å². The second-order valence-electron chi connectivity index (χ2n) is 14.0. The molecule has 3 saturated heterocycles. The van der Waals surface area contributed by atoms with Crippen molar-refractivity contribution >= 4 is 18.0 Å². The topological polar surface area (TPSA) is 299 Å². The average molecular weight is 827 g/mol. The summed E-state index contributed by atoms with van der Waals surface area (Å²) in [6.07, 6.45) is -21.0. The summed E-state index contributed by atoms with van der Waals surface area (Å²) in [6, 6.07) is 8.35. The van der Waals surface area contributed by atoms with Crippen molar-refractivity contribution in [1.29, 1.82) is 0 Å². The number of aliphatic hydroxyl groups excluding tert-OH is 6. The first-order chi connectivity index (χ1) is 27.5. The normalized spacial score (nSPS) is 35.4. The standard InChI is InChI=1S/C38H50O20/c1-16-27(44)29(46)31(48)36(53-16)52-15-25-33(57-26(43)10-7-19-6-9-22(41)24(14-19)50-4)34(58-37-32(49)30(47)28(45)17(2)54-37)35(55-18(3)39)38(56-25)51-12-11-20-5-8-21(40)23(42)13-20/h5-10,13-14,16-17,25,27-38,40-42,44-49H,11-12,15H2,1-4H3/t16-,17-,25+,27-,28-,29+,30+,31+,32+,33+,34-,35+,36+,37-,38+/m0/s1. The summed E-state index contributed by atoms with van der Waals surface area (Å²) < 4.78 is 52.2. The molecule has 0 spiro atoms. The smallest absolute Gasteiger partial charge is 0.331 e. The van der Waals surface area contributed by atoms with E-state index in [1.165, 1.54) is 63.4 Å². The van der Waals surface area contributed by atoms with E-state index in [4.69, 9.17) is 42.6 Å². The molecule has 0 aliphatic carbocycles. The number of esters is 2. The first kappa shape index (κ1) is 44.9. The van der Waals surface area contributed by atoms with Crippen LogP contribution in [0.15, 0.2) is 42.5 Å². The zero-order valence-corrected chi connectivity index (χ0v) is 31.9. The van der Waals surface area contributed by atoms with E-state index in [1.54, 1.807) is 0 Å². The fourth-order valence-electron chi connectivity index (χ4n) is 6.54. The average Bonchev–Trinajstić information content (AvgIpc) is 3.19. The Morgan fingerprint density at radius 3 is 1.97 bits per heavy atom. The predicted molar refractivity (Wildman–Crippen MR) is 193 cm³/mol. The van der Waals surface area contributed by atoms with Crippen LogP contribution in [0.25, 0.3) is 6.08 Å². The minimum absolute atomic E-state index is 0.116. The van der Waals surface area contributed by atoms with Crippen LogP contribution < -0.4 is 4.74 Å². The maximum atomic E-state index is 13.6. The summed E-state index contributed by atoms with van der Waals surface area (Å²) in [4.78, 5) is 26.2. The molecule has 15 atom stereocenters. The Morgan fingerprint density at radius 1 is 0.690 bits per heavy atom. The van der Waals surface area contributed by atoms with Crippen molar-refractivity contribution < 1.29 is 98.2 Å².